The van der Waals surface area contributed by atoms with E-state index >= 15 is 0 Å². The van der Waals surface area contributed by atoms with E-state index in [2.05, 4.69) is 67.2 Å². The first kappa shape index (κ1) is 12.8. The molecule has 0 unspecified atom stereocenters. The fourth-order valence-corrected chi connectivity index (χ4v) is 5.60. The average Bonchev–Trinajstić information content (AvgIpc) is 2.74. The first-order valence-electron chi connectivity index (χ1n) is 6.57. The van der Waals surface area contributed by atoms with Gasteiger partial charge in [0, 0.05) is 0 Å². The van der Waals surface area contributed by atoms with Crippen LogP contribution < -0.4 is 5.19 Å². The third kappa shape index (κ3) is 2.62. The van der Waals surface area contributed by atoms with Crippen LogP contribution in [-0.2, 0) is 0 Å². The fourth-order valence-electron chi connectivity index (χ4n) is 2.52. The van der Waals surface area contributed by atoms with Crippen LogP contribution in [0.2, 0.25) is 0 Å². The van der Waals surface area contributed by atoms with Crippen LogP contribution in [-0.4, -0.2) is 43.4 Å². The summed E-state index contributed by atoms with van der Waals surface area (Å²) < 4.78 is 5.39. The Morgan fingerprint density at radius 2 is 1.35 bits per heavy atom. The maximum atomic E-state index is 2.69. The lowest BCUT2D eigenvalue weighted by Crippen LogP contribution is -2.56. The van der Waals surface area contributed by atoms with Crippen molar-refractivity contribution in [1.82, 2.24) is 9.13 Å². The zero-order chi connectivity index (χ0) is 12.4. The van der Waals surface area contributed by atoms with Crippen LogP contribution in [0.4, 0.5) is 0 Å². The lowest BCUT2D eigenvalue weighted by molar-refractivity contribution is 0.390. The van der Waals surface area contributed by atoms with Gasteiger partial charge in [0.15, 0.2) is 0 Å². The zero-order valence-corrected chi connectivity index (χ0v) is 12.4. The summed E-state index contributed by atoms with van der Waals surface area (Å²) in [5.74, 6) is 0. The first-order valence-corrected chi connectivity index (χ1v) is 7.96. The molecule has 0 aliphatic carbocycles. The summed E-state index contributed by atoms with van der Waals surface area (Å²) in [6.07, 6.45) is 0. The topological polar surface area (TPSA) is 6.48 Å². The lowest BCUT2D eigenvalue weighted by atomic mass is 10.3. The molecule has 1 fully saturated rings. The van der Waals surface area contributed by atoms with Gasteiger partial charge in [0.25, 0.3) is 0 Å². The standard InChI is InChI=1S/C14H23N2Si/c1-12(2)15-10-11-16(13(3)4)17(15)14-8-6-5-7-9-14/h5-9,12-13H,10-11H2,1-4H3/q-1. The van der Waals surface area contributed by atoms with E-state index in [9.17, 15) is 0 Å². The highest BCUT2D eigenvalue weighted by Crippen LogP contribution is 2.17. The number of hydrogen-bond acceptors (Lipinski definition) is 2. The van der Waals surface area contributed by atoms with Crippen LogP contribution in [0.5, 0.6) is 0 Å². The zero-order valence-electron chi connectivity index (χ0n) is 11.4. The normalized spacial score (nSPS) is 18.6. The molecule has 1 aromatic carbocycles. The van der Waals surface area contributed by atoms with E-state index in [1.807, 2.05) is 0 Å². The van der Waals surface area contributed by atoms with E-state index in [0.29, 0.717) is 12.1 Å². The molecule has 1 saturated heterocycles. The van der Waals surface area contributed by atoms with Gasteiger partial charge in [-0.25, -0.2) is 0 Å². The largest absolute Gasteiger partial charge is 0.438 e. The Morgan fingerprint density at radius 1 is 0.882 bits per heavy atom. The Bertz CT molecular complexity index is 334. The Labute approximate surface area is 107 Å². The summed E-state index contributed by atoms with van der Waals surface area (Å²) in [5.41, 5.74) is 0. The molecule has 0 saturated carbocycles. The van der Waals surface area contributed by atoms with E-state index < -0.39 is 9.12 Å². The van der Waals surface area contributed by atoms with Crippen molar-refractivity contribution in [2.45, 2.75) is 39.8 Å². The Kier molecular flexibility index (Phi) is 4.02. The van der Waals surface area contributed by atoms with Crippen molar-refractivity contribution in [3.63, 3.8) is 0 Å². The lowest BCUT2D eigenvalue weighted by Gasteiger charge is -2.48. The van der Waals surface area contributed by atoms with Crippen molar-refractivity contribution in [2.75, 3.05) is 13.1 Å². The van der Waals surface area contributed by atoms with Gasteiger partial charge in [0.2, 0.25) is 0 Å². The van der Waals surface area contributed by atoms with Gasteiger partial charge >= 0.3 is 0 Å². The minimum Gasteiger partial charge on any atom is -0.438 e. The molecule has 0 spiro atoms. The smallest absolute Gasteiger partial charge is 0.0221 e. The van der Waals surface area contributed by atoms with Gasteiger partial charge < -0.3 is 9.13 Å². The Hall–Kier alpha value is -0.643. The minimum atomic E-state index is -0.699. The Balaban J connectivity index is 2.30. The molecule has 0 atom stereocenters. The second-order valence-corrected chi connectivity index (χ2v) is 7.64. The second-order valence-electron chi connectivity index (χ2n) is 5.26. The van der Waals surface area contributed by atoms with Crippen molar-refractivity contribution in [3.8, 4) is 0 Å². The summed E-state index contributed by atoms with van der Waals surface area (Å²) in [6.45, 7) is 11.7. The number of benzene rings is 1. The Morgan fingerprint density at radius 3 is 1.76 bits per heavy atom. The third-order valence-electron chi connectivity index (χ3n) is 3.40. The van der Waals surface area contributed by atoms with Crippen molar-refractivity contribution in [1.29, 1.82) is 0 Å². The SMILES string of the molecule is CC(C)N1CCN(C(C)C)[Si-]1c1ccccc1. The summed E-state index contributed by atoms with van der Waals surface area (Å²) >= 11 is 0. The summed E-state index contributed by atoms with van der Waals surface area (Å²) in [4.78, 5) is 0. The highest BCUT2D eigenvalue weighted by molar-refractivity contribution is 6.68. The minimum absolute atomic E-state index is 0.646. The van der Waals surface area contributed by atoms with Gasteiger partial charge in [-0.3, -0.25) is 0 Å². The number of nitrogens with zero attached hydrogens (tertiary/aromatic N) is 2. The molecule has 0 aromatic heterocycles. The summed E-state index contributed by atoms with van der Waals surface area (Å²) in [6, 6.07) is 12.3. The average molecular weight is 247 g/mol. The molecular weight excluding hydrogens is 224 g/mol. The molecule has 0 N–H and O–H groups in total. The fraction of sp³-hybridized carbons (Fsp3) is 0.571. The van der Waals surface area contributed by atoms with Crippen LogP contribution >= 0.6 is 0 Å². The highest BCUT2D eigenvalue weighted by Gasteiger charge is 2.23. The summed E-state index contributed by atoms with van der Waals surface area (Å²) in [7, 11) is -0.699. The third-order valence-corrected chi connectivity index (χ3v) is 6.82. The molecule has 1 aliphatic rings. The van der Waals surface area contributed by atoms with Crippen LogP contribution in [0, 0.1) is 0 Å². The van der Waals surface area contributed by atoms with Gasteiger partial charge in [-0.1, -0.05) is 58.0 Å². The van der Waals surface area contributed by atoms with Gasteiger partial charge in [0.1, 0.15) is 0 Å². The van der Waals surface area contributed by atoms with E-state index in [4.69, 9.17) is 0 Å². The van der Waals surface area contributed by atoms with Crippen molar-refractivity contribution in [3.05, 3.63) is 30.3 Å². The predicted octanol–water partition coefficient (Wildman–Crippen LogP) is 1.82. The van der Waals surface area contributed by atoms with Crippen LogP contribution in [0.3, 0.4) is 0 Å². The molecule has 17 heavy (non-hydrogen) atoms. The molecule has 0 amide bonds. The molecule has 0 radical (unpaired) electrons. The molecule has 1 aliphatic heterocycles. The van der Waals surface area contributed by atoms with Crippen molar-refractivity contribution < 1.29 is 0 Å². The molecular formula is C14H23N2Si-. The number of hydrogen-bond donors (Lipinski definition) is 0. The van der Waals surface area contributed by atoms with E-state index in [0.717, 1.165) is 0 Å². The first-order chi connectivity index (χ1) is 8.11. The molecule has 0 bridgehead atoms. The van der Waals surface area contributed by atoms with E-state index in [1.165, 1.54) is 18.3 Å². The maximum Gasteiger partial charge on any atom is -0.0221 e. The van der Waals surface area contributed by atoms with Gasteiger partial charge in [-0.2, -0.15) is 5.19 Å². The van der Waals surface area contributed by atoms with E-state index in [-0.39, 0.29) is 0 Å². The van der Waals surface area contributed by atoms with Gasteiger partial charge in [-0.05, 0) is 25.2 Å². The van der Waals surface area contributed by atoms with Crippen LogP contribution in [0.25, 0.3) is 0 Å². The van der Waals surface area contributed by atoms with Gasteiger partial charge in [0.05, 0.1) is 0 Å². The molecule has 1 heterocycles. The molecule has 2 nitrogen and oxygen atoms in total. The van der Waals surface area contributed by atoms with Crippen molar-refractivity contribution in [2.24, 2.45) is 0 Å². The highest BCUT2D eigenvalue weighted by atomic mass is 28.3. The van der Waals surface area contributed by atoms with Crippen LogP contribution in [0.15, 0.2) is 30.3 Å². The molecule has 1 aromatic rings. The van der Waals surface area contributed by atoms with Crippen LogP contribution in [0.1, 0.15) is 27.7 Å². The van der Waals surface area contributed by atoms with E-state index in [1.54, 1.807) is 0 Å². The quantitative estimate of drug-likeness (QED) is 0.752. The second kappa shape index (κ2) is 5.34. The molecule has 3 heteroatoms. The summed E-state index contributed by atoms with van der Waals surface area (Å²) in [5, 5.41) is 1.53. The molecule has 2 rings (SSSR count). The monoisotopic (exact) mass is 247 g/mol. The number of rotatable bonds is 3. The van der Waals surface area contributed by atoms with Gasteiger partial charge in [-0.15, -0.1) is 9.12 Å². The van der Waals surface area contributed by atoms with Crippen molar-refractivity contribution >= 4 is 14.3 Å². The maximum absolute atomic E-state index is 2.69. The molecule has 94 valence electrons. The predicted molar refractivity (Wildman–Crippen MR) is 75.5 cm³/mol.